The second-order valence-electron chi connectivity index (χ2n) is 6.99. The Hall–Kier alpha value is -4.53. The molecule has 0 radical (unpaired) electrons. The number of fused-ring (bicyclic) bond motifs is 2. The van der Waals surface area contributed by atoms with Crippen molar-refractivity contribution in [3.63, 3.8) is 0 Å². The van der Waals surface area contributed by atoms with Crippen molar-refractivity contribution in [2.75, 3.05) is 0 Å². The number of imidazole rings is 1. The van der Waals surface area contributed by atoms with Gasteiger partial charge in [0.25, 0.3) is 11.8 Å². The molecule has 0 saturated heterocycles. The Kier molecular flexibility index (Phi) is 4.04. The summed E-state index contributed by atoms with van der Waals surface area (Å²) in [6.45, 7) is 0. The van der Waals surface area contributed by atoms with Gasteiger partial charge in [-0.15, -0.1) is 0 Å². The summed E-state index contributed by atoms with van der Waals surface area (Å²) in [5, 5.41) is 0.475. The van der Waals surface area contributed by atoms with Crippen LogP contribution in [-0.2, 0) is 11.9 Å². The highest BCUT2D eigenvalue weighted by Gasteiger charge is 2.38. The number of carbonyl (C=O) groups excluding carboxylic acids is 3. The lowest BCUT2D eigenvalue weighted by Crippen LogP contribution is -2.32. The van der Waals surface area contributed by atoms with E-state index in [1.165, 1.54) is 22.8 Å². The first-order valence-corrected chi connectivity index (χ1v) is 9.29. The zero-order valence-corrected chi connectivity index (χ0v) is 16.2. The molecule has 0 fully saturated rings. The van der Waals surface area contributed by atoms with Gasteiger partial charge in [0.2, 0.25) is 0 Å². The van der Waals surface area contributed by atoms with E-state index in [0.29, 0.717) is 27.4 Å². The van der Waals surface area contributed by atoms with E-state index in [4.69, 9.17) is 4.84 Å². The number of hydroxylamine groups is 2. The summed E-state index contributed by atoms with van der Waals surface area (Å²) in [4.78, 5) is 61.3. The lowest BCUT2D eigenvalue weighted by molar-refractivity contribution is -0.0584. The van der Waals surface area contributed by atoms with Gasteiger partial charge in [-0.2, -0.15) is 0 Å². The molecule has 1 aliphatic heterocycles. The predicted molar refractivity (Wildman–Crippen MR) is 109 cm³/mol. The van der Waals surface area contributed by atoms with Gasteiger partial charge in [0, 0.05) is 18.8 Å². The van der Waals surface area contributed by atoms with Crippen molar-refractivity contribution in [3.8, 4) is 11.1 Å². The molecular weight excluding hydrogens is 400 g/mol. The summed E-state index contributed by atoms with van der Waals surface area (Å²) in [7, 11) is 1.63. The van der Waals surface area contributed by atoms with Crippen molar-refractivity contribution in [3.05, 3.63) is 88.0 Å². The molecule has 0 unspecified atom stereocenters. The van der Waals surface area contributed by atoms with E-state index in [2.05, 4.69) is 9.97 Å². The maximum atomic E-state index is 12.7. The number of nitrogens with one attached hydrogen (secondary N) is 1. The van der Waals surface area contributed by atoms with E-state index >= 15 is 0 Å². The van der Waals surface area contributed by atoms with Gasteiger partial charge in [0.15, 0.2) is 5.65 Å². The SMILES string of the molecule is Cn1c(=O)[nH]c2ncc(-c3cccc(C(=O)ON4C(=O)c5ccccc5C4=O)c3)cc21. The minimum Gasteiger partial charge on any atom is -0.324 e. The minimum atomic E-state index is -0.848. The number of aromatic amines is 1. The summed E-state index contributed by atoms with van der Waals surface area (Å²) >= 11 is 0. The van der Waals surface area contributed by atoms with Crippen LogP contribution < -0.4 is 5.69 Å². The Bertz CT molecular complexity index is 1430. The van der Waals surface area contributed by atoms with Crippen molar-refractivity contribution in [1.82, 2.24) is 19.6 Å². The molecule has 4 aromatic rings. The maximum Gasteiger partial charge on any atom is 0.363 e. The van der Waals surface area contributed by atoms with E-state index < -0.39 is 17.8 Å². The van der Waals surface area contributed by atoms with E-state index in [1.807, 2.05) is 0 Å². The lowest BCUT2D eigenvalue weighted by atomic mass is 10.0. The number of rotatable bonds is 3. The lowest BCUT2D eigenvalue weighted by Gasteiger charge is -2.13. The van der Waals surface area contributed by atoms with Crippen LogP contribution in [0.1, 0.15) is 31.1 Å². The van der Waals surface area contributed by atoms with Crippen molar-refractivity contribution in [2.24, 2.45) is 7.05 Å². The summed E-state index contributed by atoms with van der Waals surface area (Å²) in [5.41, 5.74) is 2.64. The molecule has 0 bridgehead atoms. The first-order chi connectivity index (χ1) is 14.9. The average molecular weight is 414 g/mol. The minimum absolute atomic E-state index is 0.150. The zero-order valence-electron chi connectivity index (χ0n) is 16.2. The molecule has 3 heterocycles. The number of hydrogen-bond acceptors (Lipinski definition) is 6. The molecule has 1 N–H and O–H groups in total. The monoisotopic (exact) mass is 414 g/mol. The van der Waals surface area contributed by atoms with Gasteiger partial charge >= 0.3 is 11.7 Å². The number of aromatic nitrogens is 3. The molecule has 5 rings (SSSR count). The summed E-state index contributed by atoms with van der Waals surface area (Å²) < 4.78 is 1.44. The molecule has 2 aromatic carbocycles. The van der Waals surface area contributed by atoms with Crippen LogP contribution in [0.2, 0.25) is 0 Å². The van der Waals surface area contributed by atoms with Gasteiger partial charge < -0.3 is 4.84 Å². The third kappa shape index (κ3) is 2.91. The number of pyridine rings is 1. The van der Waals surface area contributed by atoms with Crippen LogP contribution in [0.3, 0.4) is 0 Å². The molecule has 9 heteroatoms. The molecule has 2 amide bonds. The highest BCUT2D eigenvalue weighted by molar-refractivity contribution is 6.21. The Morgan fingerprint density at radius 3 is 2.35 bits per heavy atom. The van der Waals surface area contributed by atoms with Crippen LogP contribution in [0.25, 0.3) is 22.3 Å². The van der Waals surface area contributed by atoms with Crippen LogP contribution >= 0.6 is 0 Å². The fourth-order valence-electron chi connectivity index (χ4n) is 3.47. The second kappa shape index (κ2) is 6.77. The Morgan fingerprint density at radius 1 is 0.935 bits per heavy atom. The average Bonchev–Trinajstić information content (AvgIpc) is 3.21. The van der Waals surface area contributed by atoms with Gasteiger partial charge in [0.1, 0.15) is 0 Å². The van der Waals surface area contributed by atoms with Crippen molar-refractivity contribution >= 4 is 28.9 Å². The molecular formula is C22H14N4O5. The van der Waals surface area contributed by atoms with E-state index in [-0.39, 0.29) is 22.4 Å². The van der Waals surface area contributed by atoms with Crippen LogP contribution in [0, 0.1) is 0 Å². The fourth-order valence-corrected chi connectivity index (χ4v) is 3.47. The van der Waals surface area contributed by atoms with Gasteiger partial charge in [-0.05, 0) is 35.9 Å². The molecule has 0 aliphatic carbocycles. The smallest absolute Gasteiger partial charge is 0.324 e. The van der Waals surface area contributed by atoms with Crippen LogP contribution in [0.4, 0.5) is 0 Å². The number of amides is 2. The molecule has 0 saturated carbocycles. The highest BCUT2D eigenvalue weighted by Crippen LogP contribution is 2.25. The highest BCUT2D eigenvalue weighted by atomic mass is 16.7. The van der Waals surface area contributed by atoms with Crippen LogP contribution in [0.5, 0.6) is 0 Å². The van der Waals surface area contributed by atoms with Crippen molar-refractivity contribution < 1.29 is 19.2 Å². The number of nitrogens with zero attached hydrogens (tertiary/aromatic N) is 3. The molecule has 2 aromatic heterocycles. The topological polar surface area (TPSA) is 114 Å². The van der Waals surface area contributed by atoms with Crippen molar-refractivity contribution in [1.29, 1.82) is 0 Å². The van der Waals surface area contributed by atoms with Crippen molar-refractivity contribution in [2.45, 2.75) is 0 Å². The molecule has 0 spiro atoms. The standard InChI is InChI=1S/C22H14N4O5/c1-25-17-10-14(11-23-18(17)24-22(25)30)12-5-4-6-13(9-12)21(29)31-26-19(27)15-7-2-3-8-16(15)20(26)28/h2-11H,1H3,(H,23,24,30). The fraction of sp³-hybridized carbons (Fsp3) is 0.0455. The quantitative estimate of drug-likeness (QED) is 0.515. The van der Waals surface area contributed by atoms with E-state index in [1.54, 1.807) is 49.6 Å². The summed E-state index contributed by atoms with van der Waals surface area (Å²) in [6, 6.07) is 14.5. The number of benzene rings is 2. The van der Waals surface area contributed by atoms with Gasteiger partial charge in [-0.3, -0.25) is 19.1 Å². The Balaban J connectivity index is 1.44. The van der Waals surface area contributed by atoms with E-state index in [0.717, 1.165) is 0 Å². The van der Waals surface area contributed by atoms with Gasteiger partial charge in [0.05, 0.1) is 22.2 Å². The normalized spacial score (nSPS) is 13.0. The summed E-state index contributed by atoms with van der Waals surface area (Å²) in [6.07, 6.45) is 1.58. The zero-order chi connectivity index (χ0) is 21.7. The molecule has 0 atom stereocenters. The van der Waals surface area contributed by atoms with Gasteiger partial charge in [-0.25, -0.2) is 14.6 Å². The van der Waals surface area contributed by atoms with Gasteiger partial charge in [-0.1, -0.05) is 29.3 Å². The second-order valence-corrected chi connectivity index (χ2v) is 6.99. The molecule has 31 heavy (non-hydrogen) atoms. The Morgan fingerprint density at radius 2 is 1.65 bits per heavy atom. The third-order valence-electron chi connectivity index (χ3n) is 5.12. The third-order valence-corrected chi connectivity index (χ3v) is 5.12. The number of hydrogen-bond donors (Lipinski definition) is 1. The number of aryl methyl sites for hydroxylation is 1. The summed E-state index contributed by atoms with van der Waals surface area (Å²) in [5.74, 6) is -2.22. The van der Waals surface area contributed by atoms with Crippen LogP contribution in [0.15, 0.2) is 65.6 Å². The molecule has 152 valence electrons. The number of carbonyl (C=O) groups is 3. The molecule has 1 aliphatic rings. The first-order valence-electron chi connectivity index (χ1n) is 9.29. The number of imide groups is 1. The number of H-pyrrole nitrogens is 1. The first kappa shape index (κ1) is 18.5. The maximum absolute atomic E-state index is 12.7. The largest absolute Gasteiger partial charge is 0.363 e. The predicted octanol–water partition coefficient (Wildman–Crippen LogP) is 2.30. The molecule has 9 nitrogen and oxygen atoms in total. The van der Waals surface area contributed by atoms with Crippen LogP contribution in [-0.4, -0.2) is 37.4 Å². The van der Waals surface area contributed by atoms with E-state index in [9.17, 15) is 19.2 Å². The Labute approximate surface area is 174 Å².